The third kappa shape index (κ3) is 3.63. The van der Waals surface area contributed by atoms with Crippen molar-refractivity contribution in [2.24, 2.45) is 0 Å². The topological polar surface area (TPSA) is 88.8 Å². The van der Waals surface area contributed by atoms with E-state index in [1.807, 2.05) is 12.1 Å². The molecule has 142 valence electrons. The molecule has 1 aliphatic heterocycles. The lowest BCUT2D eigenvalue weighted by atomic mass is 10.1. The van der Waals surface area contributed by atoms with Crippen LogP contribution in [-0.4, -0.2) is 36.5 Å². The van der Waals surface area contributed by atoms with Crippen molar-refractivity contribution in [1.82, 2.24) is 10.2 Å². The van der Waals surface area contributed by atoms with Crippen LogP contribution in [0.15, 0.2) is 62.2 Å². The fourth-order valence-electron chi connectivity index (χ4n) is 2.96. The van der Waals surface area contributed by atoms with Gasteiger partial charge in [-0.3, -0.25) is 9.69 Å². The van der Waals surface area contributed by atoms with Gasteiger partial charge in [0.2, 0.25) is 0 Å². The van der Waals surface area contributed by atoms with Gasteiger partial charge < -0.3 is 14.5 Å². The van der Waals surface area contributed by atoms with Crippen molar-refractivity contribution in [3.63, 3.8) is 0 Å². The van der Waals surface area contributed by atoms with Crippen molar-refractivity contribution < 1.29 is 18.7 Å². The number of urea groups is 1. The Labute approximate surface area is 168 Å². The summed E-state index contributed by atoms with van der Waals surface area (Å²) in [5.41, 5.74) is 1.19. The second-order valence-electron chi connectivity index (χ2n) is 6.22. The molecule has 28 heavy (non-hydrogen) atoms. The van der Waals surface area contributed by atoms with Gasteiger partial charge in [0.25, 0.3) is 5.91 Å². The summed E-state index contributed by atoms with van der Waals surface area (Å²) in [7, 11) is 0. The third-order valence-corrected chi connectivity index (χ3v) is 4.87. The molecular formula is C20H15BrN2O5. The van der Waals surface area contributed by atoms with Crippen LogP contribution in [-0.2, 0) is 4.79 Å². The molecule has 0 bridgehead atoms. The van der Waals surface area contributed by atoms with Crippen molar-refractivity contribution in [2.45, 2.75) is 0 Å². The standard InChI is InChI=1S/C20H15BrN2O5/c21-14-3-6-17-13(9-14)10-16(19(25)28-17)12-1-4-15(5-2-12)27-11-18(24)23-8-7-22-20(23)26/h1-6,9-10H,7-8,11H2,(H,22,26). The number of benzene rings is 2. The number of ether oxygens (including phenoxy) is 1. The van der Waals surface area contributed by atoms with Gasteiger partial charge in [0, 0.05) is 22.9 Å². The lowest BCUT2D eigenvalue weighted by molar-refractivity contribution is -0.129. The molecule has 0 radical (unpaired) electrons. The predicted molar refractivity (Wildman–Crippen MR) is 106 cm³/mol. The van der Waals surface area contributed by atoms with E-state index in [2.05, 4.69) is 21.2 Å². The summed E-state index contributed by atoms with van der Waals surface area (Å²) in [5.74, 6) is 0.0597. The van der Waals surface area contributed by atoms with Gasteiger partial charge in [0.05, 0.1) is 5.56 Å². The Morgan fingerprint density at radius 1 is 1.14 bits per heavy atom. The summed E-state index contributed by atoms with van der Waals surface area (Å²) >= 11 is 3.41. The number of fused-ring (bicyclic) bond motifs is 1. The SMILES string of the molecule is O=C(COc1ccc(-c2cc3cc(Br)ccc3oc2=O)cc1)N1CCNC1=O. The molecule has 1 aromatic heterocycles. The Balaban J connectivity index is 1.51. The van der Waals surface area contributed by atoms with Crippen LogP contribution in [0, 0.1) is 0 Å². The van der Waals surface area contributed by atoms with Crippen LogP contribution >= 0.6 is 15.9 Å². The summed E-state index contributed by atoms with van der Waals surface area (Å²) in [6.07, 6.45) is 0. The first-order chi connectivity index (χ1) is 13.5. The molecule has 2 heterocycles. The molecule has 0 spiro atoms. The molecule has 0 atom stereocenters. The second kappa shape index (κ2) is 7.47. The number of carbonyl (C=O) groups excluding carboxylic acids is 2. The summed E-state index contributed by atoms with van der Waals surface area (Å²) < 4.78 is 11.7. The Kier molecular flexibility index (Phi) is 4.87. The van der Waals surface area contributed by atoms with E-state index in [9.17, 15) is 14.4 Å². The van der Waals surface area contributed by atoms with E-state index in [-0.39, 0.29) is 6.61 Å². The lowest BCUT2D eigenvalue weighted by Crippen LogP contribution is -2.37. The summed E-state index contributed by atoms with van der Waals surface area (Å²) in [6, 6.07) is 13.6. The molecule has 3 aromatic rings. The quantitative estimate of drug-likeness (QED) is 0.626. The van der Waals surface area contributed by atoms with Gasteiger partial charge >= 0.3 is 11.7 Å². The highest BCUT2D eigenvalue weighted by Crippen LogP contribution is 2.25. The van der Waals surface area contributed by atoms with Crippen LogP contribution < -0.4 is 15.7 Å². The first-order valence-corrected chi connectivity index (χ1v) is 9.35. The molecule has 8 heteroatoms. The number of hydrogen-bond acceptors (Lipinski definition) is 5. The van der Waals surface area contributed by atoms with E-state index in [1.165, 1.54) is 0 Å². The van der Waals surface area contributed by atoms with Crippen LogP contribution in [0.5, 0.6) is 5.75 Å². The molecule has 1 N–H and O–H groups in total. The fraction of sp³-hybridized carbons (Fsp3) is 0.150. The van der Waals surface area contributed by atoms with Crippen LogP contribution in [0.4, 0.5) is 4.79 Å². The van der Waals surface area contributed by atoms with Crippen molar-refractivity contribution in [3.05, 3.63) is 63.4 Å². The largest absolute Gasteiger partial charge is 0.484 e. The van der Waals surface area contributed by atoms with E-state index in [1.54, 1.807) is 36.4 Å². The molecule has 1 aliphatic rings. The maximum Gasteiger partial charge on any atom is 0.344 e. The van der Waals surface area contributed by atoms with Gasteiger partial charge in [-0.1, -0.05) is 28.1 Å². The third-order valence-electron chi connectivity index (χ3n) is 4.38. The van der Waals surface area contributed by atoms with Crippen LogP contribution in [0.3, 0.4) is 0 Å². The fourth-order valence-corrected chi connectivity index (χ4v) is 3.34. The highest BCUT2D eigenvalue weighted by molar-refractivity contribution is 9.10. The van der Waals surface area contributed by atoms with Crippen molar-refractivity contribution in [1.29, 1.82) is 0 Å². The number of nitrogens with one attached hydrogen (secondary N) is 1. The van der Waals surface area contributed by atoms with E-state index in [0.717, 1.165) is 14.8 Å². The zero-order valence-corrected chi connectivity index (χ0v) is 16.2. The average molecular weight is 443 g/mol. The molecule has 1 saturated heterocycles. The normalized spacial score (nSPS) is 13.6. The van der Waals surface area contributed by atoms with Gasteiger partial charge in [-0.2, -0.15) is 0 Å². The number of imide groups is 1. The zero-order valence-electron chi connectivity index (χ0n) is 14.6. The molecule has 0 saturated carbocycles. The van der Waals surface area contributed by atoms with Gasteiger partial charge in [-0.25, -0.2) is 9.59 Å². The maximum absolute atomic E-state index is 12.3. The van der Waals surface area contributed by atoms with E-state index >= 15 is 0 Å². The molecule has 7 nitrogen and oxygen atoms in total. The molecule has 2 aromatic carbocycles. The second-order valence-corrected chi connectivity index (χ2v) is 7.14. The highest BCUT2D eigenvalue weighted by Gasteiger charge is 2.26. The van der Waals surface area contributed by atoms with Crippen LogP contribution in [0.2, 0.25) is 0 Å². The predicted octanol–water partition coefficient (Wildman–Crippen LogP) is 3.15. The van der Waals surface area contributed by atoms with E-state index in [4.69, 9.17) is 9.15 Å². The number of nitrogens with zero attached hydrogens (tertiary/aromatic N) is 1. The summed E-state index contributed by atoms with van der Waals surface area (Å²) in [6.45, 7) is 0.552. The number of halogens is 1. The highest BCUT2D eigenvalue weighted by atomic mass is 79.9. The average Bonchev–Trinajstić information content (AvgIpc) is 3.12. The molecule has 0 unspecified atom stereocenters. The monoisotopic (exact) mass is 442 g/mol. The summed E-state index contributed by atoms with van der Waals surface area (Å²) in [4.78, 5) is 36.9. The minimum atomic E-state index is -0.432. The van der Waals surface area contributed by atoms with Crippen molar-refractivity contribution in [3.8, 4) is 16.9 Å². The molecule has 4 rings (SSSR count). The minimum Gasteiger partial charge on any atom is -0.484 e. The first kappa shape index (κ1) is 18.2. The minimum absolute atomic E-state index is 0.237. The van der Waals surface area contributed by atoms with Crippen LogP contribution in [0.25, 0.3) is 22.1 Å². The number of carbonyl (C=O) groups is 2. The van der Waals surface area contributed by atoms with Gasteiger partial charge in [0.15, 0.2) is 6.61 Å². The Morgan fingerprint density at radius 2 is 1.93 bits per heavy atom. The van der Waals surface area contributed by atoms with Gasteiger partial charge in [-0.05, 0) is 42.0 Å². The van der Waals surface area contributed by atoms with E-state index in [0.29, 0.717) is 35.5 Å². The van der Waals surface area contributed by atoms with Crippen molar-refractivity contribution >= 4 is 38.8 Å². The Bertz CT molecular complexity index is 1120. The summed E-state index contributed by atoms with van der Waals surface area (Å²) in [5, 5.41) is 3.37. The van der Waals surface area contributed by atoms with Crippen LogP contribution in [0.1, 0.15) is 0 Å². The number of rotatable bonds is 4. The molecule has 0 aliphatic carbocycles. The van der Waals surface area contributed by atoms with Crippen molar-refractivity contribution in [2.75, 3.05) is 19.7 Å². The molecular weight excluding hydrogens is 428 g/mol. The van der Waals surface area contributed by atoms with Gasteiger partial charge in [-0.15, -0.1) is 0 Å². The van der Waals surface area contributed by atoms with Gasteiger partial charge in [0.1, 0.15) is 11.3 Å². The molecule has 3 amide bonds. The smallest absolute Gasteiger partial charge is 0.344 e. The Morgan fingerprint density at radius 3 is 2.64 bits per heavy atom. The number of amides is 3. The first-order valence-electron chi connectivity index (χ1n) is 8.56. The lowest BCUT2D eigenvalue weighted by Gasteiger charge is -2.13. The maximum atomic E-state index is 12.3. The van der Waals surface area contributed by atoms with E-state index < -0.39 is 17.6 Å². The molecule has 1 fully saturated rings. The number of hydrogen-bond donors (Lipinski definition) is 1. The Hall–Kier alpha value is -3.13. The zero-order chi connectivity index (χ0) is 19.7.